The first kappa shape index (κ1) is 15.0. The summed E-state index contributed by atoms with van der Waals surface area (Å²) < 4.78 is 5.75. The first-order valence-corrected chi connectivity index (χ1v) is 6.77. The van der Waals surface area contributed by atoms with E-state index in [4.69, 9.17) is 4.74 Å². The molecule has 2 heteroatoms. The third-order valence-electron chi connectivity index (χ3n) is 3.02. The SMILES string of the molecule is CC(C)C(C)Nc1ccc(COC(C)(C)C)cc1. The van der Waals surface area contributed by atoms with Gasteiger partial charge in [-0.1, -0.05) is 26.0 Å². The van der Waals surface area contributed by atoms with Crippen LogP contribution in [0.2, 0.25) is 0 Å². The van der Waals surface area contributed by atoms with Gasteiger partial charge in [0.25, 0.3) is 0 Å². The van der Waals surface area contributed by atoms with Gasteiger partial charge in [0, 0.05) is 11.7 Å². The Morgan fingerprint density at radius 3 is 2.06 bits per heavy atom. The van der Waals surface area contributed by atoms with Gasteiger partial charge in [0.2, 0.25) is 0 Å². The van der Waals surface area contributed by atoms with E-state index in [2.05, 4.69) is 71.1 Å². The molecule has 1 atom stereocenters. The van der Waals surface area contributed by atoms with Crippen molar-refractivity contribution in [2.45, 2.75) is 59.8 Å². The quantitative estimate of drug-likeness (QED) is 0.832. The molecule has 0 bridgehead atoms. The lowest BCUT2D eigenvalue weighted by Gasteiger charge is -2.20. The summed E-state index contributed by atoms with van der Waals surface area (Å²) in [7, 11) is 0. The van der Waals surface area contributed by atoms with Gasteiger partial charge in [0.1, 0.15) is 0 Å². The topological polar surface area (TPSA) is 21.3 Å². The fraction of sp³-hybridized carbons (Fsp3) is 0.625. The summed E-state index contributed by atoms with van der Waals surface area (Å²) in [4.78, 5) is 0. The van der Waals surface area contributed by atoms with Crippen molar-refractivity contribution in [3.8, 4) is 0 Å². The van der Waals surface area contributed by atoms with Gasteiger partial charge in [-0.05, 0) is 51.3 Å². The summed E-state index contributed by atoms with van der Waals surface area (Å²) in [5.41, 5.74) is 2.31. The number of hydrogen-bond acceptors (Lipinski definition) is 2. The van der Waals surface area contributed by atoms with Crippen LogP contribution in [0, 0.1) is 5.92 Å². The number of hydrogen-bond donors (Lipinski definition) is 1. The average Bonchev–Trinajstić information content (AvgIpc) is 2.27. The van der Waals surface area contributed by atoms with E-state index in [0.29, 0.717) is 18.6 Å². The third kappa shape index (κ3) is 5.54. The molecular formula is C16H27NO. The van der Waals surface area contributed by atoms with Crippen LogP contribution in [0.15, 0.2) is 24.3 Å². The lowest BCUT2D eigenvalue weighted by molar-refractivity contribution is -0.0149. The second-order valence-corrected chi connectivity index (χ2v) is 6.28. The van der Waals surface area contributed by atoms with E-state index in [1.165, 1.54) is 11.3 Å². The van der Waals surface area contributed by atoms with Crippen molar-refractivity contribution in [2.24, 2.45) is 5.92 Å². The number of nitrogens with one attached hydrogen (secondary N) is 1. The molecule has 0 heterocycles. The standard InChI is InChI=1S/C16H27NO/c1-12(2)13(3)17-15-9-7-14(8-10-15)11-18-16(4,5)6/h7-10,12-13,17H,11H2,1-6H3. The molecular weight excluding hydrogens is 222 g/mol. The lowest BCUT2D eigenvalue weighted by atomic mass is 10.1. The molecule has 0 aliphatic heterocycles. The van der Waals surface area contributed by atoms with Crippen molar-refractivity contribution >= 4 is 5.69 Å². The van der Waals surface area contributed by atoms with Gasteiger partial charge in [-0.15, -0.1) is 0 Å². The Bertz CT molecular complexity index is 348. The summed E-state index contributed by atoms with van der Waals surface area (Å²) in [6, 6.07) is 8.99. The van der Waals surface area contributed by atoms with Crippen LogP contribution in [-0.2, 0) is 11.3 Å². The molecule has 1 aromatic rings. The lowest BCUT2D eigenvalue weighted by Crippen LogP contribution is -2.21. The average molecular weight is 249 g/mol. The van der Waals surface area contributed by atoms with Crippen molar-refractivity contribution in [1.29, 1.82) is 0 Å². The van der Waals surface area contributed by atoms with Crippen molar-refractivity contribution in [2.75, 3.05) is 5.32 Å². The minimum atomic E-state index is -0.0803. The molecule has 0 aromatic heterocycles. The fourth-order valence-corrected chi connectivity index (χ4v) is 1.43. The van der Waals surface area contributed by atoms with Crippen LogP contribution in [0.3, 0.4) is 0 Å². The molecule has 1 N–H and O–H groups in total. The Hall–Kier alpha value is -1.02. The second-order valence-electron chi connectivity index (χ2n) is 6.28. The fourth-order valence-electron chi connectivity index (χ4n) is 1.43. The smallest absolute Gasteiger partial charge is 0.0724 e. The van der Waals surface area contributed by atoms with E-state index in [1.54, 1.807) is 0 Å². The molecule has 1 unspecified atom stereocenters. The minimum absolute atomic E-state index is 0.0803. The highest BCUT2D eigenvalue weighted by Gasteiger charge is 2.10. The summed E-state index contributed by atoms with van der Waals surface area (Å²) in [5, 5.41) is 3.50. The molecule has 0 saturated heterocycles. The Kier molecular flexibility index (Phi) is 5.21. The maximum atomic E-state index is 5.75. The predicted octanol–water partition coefficient (Wildman–Crippen LogP) is 4.46. The van der Waals surface area contributed by atoms with Gasteiger partial charge in [-0.3, -0.25) is 0 Å². The van der Waals surface area contributed by atoms with Gasteiger partial charge in [-0.25, -0.2) is 0 Å². The summed E-state index contributed by atoms with van der Waals surface area (Å²) >= 11 is 0. The van der Waals surface area contributed by atoms with Crippen LogP contribution >= 0.6 is 0 Å². The highest BCUT2D eigenvalue weighted by Crippen LogP contribution is 2.16. The predicted molar refractivity (Wildman–Crippen MR) is 78.9 cm³/mol. The summed E-state index contributed by atoms with van der Waals surface area (Å²) in [5.74, 6) is 0.633. The van der Waals surface area contributed by atoms with Crippen molar-refractivity contribution in [3.63, 3.8) is 0 Å². The number of anilines is 1. The van der Waals surface area contributed by atoms with Gasteiger partial charge in [-0.2, -0.15) is 0 Å². The van der Waals surface area contributed by atoms with Crippen LogP contribution in [0.25, 0.3) is 0 Å². The Morgan fingerprint density at radius 2 is 1.61 bits per heavy atom. The third-order valence-corrected chi connectivity index (χ3v) is 3.02. The Balaban J connectivity index is 2.52. The largest absolute Gasteiger partial charge is 0.382 e. The monoisotopic (exact) mass is 249 g/mol. The molecule has 2 nitrogen and oxygen atoms in total. The maximum absolute atomic E-state index is 5.75. The maximum Gasteiger partial charge on any atom is 0.0724 e. The second kappa shape index (κ2) is 6.24. The molecule has 0 radical (unpaired) electrons. The molecule has 0 aliphatic carbocycles. The normalized spacial score (nSPS) is 13.7. The zero-order chi connectivity index (χ0) is 13.8. The van der Waals surface area contributed by atoms with E-state index in [1.807, 2.05) is 0 Å². The highest BCUT2D eigenvalue weighted by atomic mass is 16.5. The number of ether oxygens (including phenoxy) is 1. The van der Waals surface area contributed by atoms with Crippen molar-refractivity contribution in [1.82, 2.24) is 0 Å². The molecule has 0 aliphatic rings. The zero-order valence-corrected chi connectivity index (χ0v) is 12.6. The molecule has 1 aromatic carbocycles. The van der Waals surface area contributed by atoms with Crippen LogP contribution in [0.1, 0.15) is 47.1 Å². The molecule has 0 amide bonds. The molecule has 0 spiro atoms. The molecule has 0 saturated carbocycles. The van der Waals surface area contributed by atoms with Gasteiger partial charge in [0.05, 0.1) is 12.2 Å². The van der Waals surface area contributed by atoms with Crippen LogP contribution in [0.5, 0.6) is 0 Å². The van der Waals surface area contributed by atoms with Crippen molar-refractivity contribution in [3.05, 3.63) is 29.8 Å². The van der Waals surface area contributed by atoms with Gasteiger partial charge in [0.15, 0.2) is 0 Å². The zero-order valence-electron chi connectivity index (χ0n) is 12.6. The van der Waals surface area contributed by atoms with E-state index >= 15 is 0 Å². The number of benzene rings is 1. The van der Waals surface area contributed by atoms with Gasteiger partial charge < -0.3 is 10.1 Å². The first-order chi connectivity index (χ1) is 8.28. The van der Waals surface area contributed by atoms with Crippen LogP contribution < -0.4 is 5.32 Å². The highest BCUT2D eigenvalue weighted by molar-refractivity contribution is 5.45. The number of rotatable bonds is 5. The van der Waals surface area contributed by atoms with Crippen LogP contribution in [-0.4, -0.2) is 11.6 Å². The van der Waals surface area contributed by atoms with E-state index in [9.17, 15) is 0 Å². The van der Waals surface area contributed by atoms with E-state index < -0.39 is 0 Å². The van der Waals surface area contributed by atoms with Gasteiger partial charge >= 0.3 is 0 Å². The minimum Gasteiger partial charge on any atom is -0.382 e. The van der Waals surface area contributed by atoms with E-state index in [-0.39, 0.29) is 5.60 Å². The summed E-state index contributed by atoms with van der Waals surface area (Å²) in [6.07, 6.45) is 0. The first-order valence-electron chi connectivity index (χ1n) is 6.77. The van der Waals surface area contributed by atoms with Crippen molar-refractivity contribution < 1.29 is 4.74 Å². The summed E-state index contributed by atoms with van der Waals surface area (Å²) in [6.45, 7) is 13.6. The molecule has 0 fully saturated rings. The molecule has 1 rings (SSSR count). The van der Waals surface area contributed by atoms with E-state index in [0.717, 1.165) is 0 Å². The Morgan fingerprint density at radius 1 is 1.06 bits per heavy atom. The Labute approximate surface area is 112 Å². The van der Waals surface area contributed by atoms with Crippen LogP contribution in [0.4, 0.5) is 5.69 Å². The molecule has 18 heavy (non-hydrogen) atoms. The molecule has 102 valence electrons.